The molecule has 2 amide bonds. The third-order valence-electron chi connectivity index (χ3n) is 1.92. The van der Waals surface area contributed by atoms with E-state index in [2.05, 4.69) is 10.4 Å². The van der Waals surface area contributed by atoms with Gasteiger partial charge >= 0.3 is 12.0 Å². The Kier molecular flexibility index (Phi) is 3.87. The molecule has 0 unspecified atom stereocenters. The molecule has 1 heterocycles. The standard InChI is InChI=1S/C9H14N4O3/c1-12(9(16)10-4-8(14)15)5-7-3-11-13(2)6-7/h3,6H,4-5H2,1-2H3,(H,10,16)(H,14,15). The maximum absolute atomic E-state index is 11.4. The zero-order valence-electron chi connectivity index (χ0n) is 9.17. The van der Waals surface area contributed by atoms with Crippen molar-refractivity contribution in [1.29, 1.82) is 0 Å². The first-order valence-electron chi connectivity index (χ1n) is 4.67. The highest BCUT2D eigenvalue weighted by Crippen LogP contribution is 2.00. The summed E-state index contributed by atoms with van der Waals surface area (Å²) in [5, 5.41) is 14.6. The van der Waals surface area contributed by atoms with Crippen molar-refractivity contribution in [2.45, 2.75) is 6.54 Å². The summed E-state index contributed by atoms with van der Waals surface area (Å²) in [6.07, 6.45) is 3.45. The molecule has 0 atom stereocenters. The van der Waals surface area contributed by atoms with Crippen LogP contribution < -0.4 is 5.32 Å². The summed E-state index contributed by atoms with van der Waals surface area (Å²) < 4.78 is 1.64. The number of nitrogens with zero attached hydrogens (tertiary/aromatic N) is 3. The third-order valence-corrected chi connectivity index (χ3v) is 1.92. The van der Waals surface area contributed by atoms with Crippen molar-refractivity contribution in [3.05, 3.63) is 18.0 Å². The van der Waals surface area contributed by atoms with Gasteiger partial charge < -0.3 is 15.3 Å². The lowest BCUT2D eigenvalue weighted by atomic mass is 10.3. The molecule has 0 fully saturated rings. The van der Waals surface area contributed by atoms with Crippen molar-refractivity contribution < 1.29 is 14.7 Å². The fraction of sp³-hybridized carbons (Fsp3) is 0.444. The summed E-state index contributed by atoms with van der Waals surface area (Å²) in [5.41, 5.74) is 0.885. The van der Waals surface area contributed by atoms with Gasteiger partial charge in [-0.15, -0.1) is 0 Å². The van der Waals surface area contributed by atoms with Crippen LogP contribution in [-0.4, -0.2) is 45.4 Å². The van der Waals surface area contributed by atoms with Crippen LogP contribution in [0, 0.1) is 0 Å². The number of carboxylic acids is 1. The predicted octanol–water partition coefficient (Wildman–Crippen LogP) is -0.354. The number of hydrogen-bond donors (Lipinski definition) is 2. The van der Waals surface area contributed by atoms with Crippen LogP contribution in [-0.2, 0) is 18.4 Å². The second kappa shape index (κ2) is 5.15. The highest BCUT2D eigenvalue weighted by Gasteiger charge is 2.10. The van der Waals surface area contributed by atoms with Crippen LogP contribution in [0.15, 0.2) is 12.4 Å². The predicted molar refractivity (Wildman–Crippen MR) is 55.7 cm³/mol. The number of carbonyl (C=O) groups is 2. The number of nitrogens with one attached hydrogen (secondary N) is 1. The number of aliphatic carboxylic acids is 1. The minimum atomic E-state index is -1.07. The van der Waals surface area contributed by atoms with E-state index in [4.69, 9.17) is 5.11 Å². The quantitative estimate of drug-likeness (QED) is 0.734. The van der Waals surface area contributed by atoms with Crippen LogP contribution in [0.5, 0.6) is 0 Å². The van der Waals surface area contributed by atoms with Crippen LogP contribution in [0.2, 0.25) is 0 Å². The fourth-order valence-electron chi connectivity index (χ4n) is 1.19. The first-order chi connectivity index (χ1) is 7.49. The lowest BCUT2D eigenvalue weighted by Gasteiger charge is -2.16. The van der Waals surface area contributed by atoms with Crippen molar-refractivity contribution in [3.8, 4) is 0 Å². The third kappa shape index (κ3) is 3.60. The number of amides is 2. The maximum atomic E-state index is 11.4. The molecule has 2 N–H and O–H groups in total. The van der Waals surface area contributed by atoms with Gasteiger partial charge in [0.1, 0.15) is 6.54 Å². The average molecular weight is 226 g/mol. The van der Waals surface area contributed by atoms with Crippen LogP contribution in [0.1, 0.15) is 5.56 Å². The first kappa shape index (κ1) is 12.0. The normalized spacial score (nSPS) is 9.88. The molecule has 7 nitrogen and oxygen atoms in total. The van der Waals surface area contributed by atoms with Crippen LogP contribution in [0.4, 0.5) is 4.79 Å². The second-order valence-electron chi connectivity index (χ2n) is 3.43. The molecule has 16 heavy (non-hydrogen) atoms. The molecule has 0 bridgehead atoms. The maximum Gasteiger partial charge on any atom is 0.323 e. The van der Waals surface area contributed by atoms with E-state index in [-0.39, 0.29) is 6.54 Å². The molecule has 1 aromatic heterocycles. The molecule has 1 aromatic rings. The number of rotatable bonds is 4. The average Bonchev–Trinajstić information content (AvgIpc) is 2.60. The Balaban J connectivity index is 2.42. The minimum Gasteiger partial charge on any atom is -0.480 e. The molecule has 0 aliphatic heterocycles. The van der Waals surface area contributed by atoms with E-state index in [1.165, 1.54) is 4.90 Å². The number of aryl methyl sites for hydroxylation is 1. The minimum absolute atomic E-state index is 0.379. The highest BCUT2D eigenvalue weighted by atomic mass is 16.4. The van der Waals surface area contributed by atoms with Crippen molar-refractivity contribution >= 4 is 12.0 Å². The largest absolute Gasteiger partial charge is 0.480 e. The molecule has 0 saturated carbocycles. The van der Waals surface area contributed by atoms with Gasteiger partial charge in [0.2, 0.25) is 0 Å². The monoisotopic (exact) mass is 226 g/mol. The molecule has 0 aromatic carbocycles. The molecule has 7 heteroatoms. The molecular weight excluding hydrogens is 212 g/mol. The fourth-order valence-corrected chi connectivity index (χ4v) is 1.19. The van der Waals surface area contributed by atoms with Crippen LogP contribution >= 0.6 is 0 Å². The van der Waals surface area contributed by atoms with E-state index < -0.39 is 12.0 Å². The number of urea groups is 1. The van der Waals surface area contributed by atoms with Crippen LogP contribution in [0.25, 0.3) is 0 Å². The Hall–Kier alpha value is -2.05. The number of hydrogen-bond acceptors (Lipinski definition) is 3. The molecule has 0 spiro atoms. The summed E-state index contributed by atoms with van der Waals surface area (Å²) in [7, 11) is 3.37. The van der Waals surface area contributed by atoms with Gasteiger partial charge in [0.25, 0.3) is 0 Å². The van der Waals surface area contributed by atoms with Gasteiger partial charge in [-0.1, -0.05) is 0 Å². The molecule has 0 aliphatic carbocycles. The lowest BCUT2D eigenvalue weighted by Crippen LogP contribution is -2.39. The lowest BCUT2D eigenvalue weighted by molar-refractivity contribution is -0.135. The van der Waals surface area contributed by atoms with Gasteiger partial charge in [-0.25, -0.2) is 4.79 Å². The van der Waals surface area contributed by atoms with Crippen molar-refractivity contribution in [2.24, 2.45) is 7.05 Å². The highest BCUT2D eigenvalue weighted by molar-refractivity contribution is 5.79. The molecule has 0 aliphatic rings. The Bertz CT molecular complexity index is 388. The zero-order chi connectivity index (χ0) is 12.1. The van der Waals surface area contributed by atoms with Gasteiger partial charge in [-0.05, 0) is 0 Å². The Morgan fingerprint density at radius 2 is 2.31 bits per heavy atom. The van der Waals surface area contributed by atoms with E-state index in [0.29, 0.717) is 6.54 Å². The Morgan fingerprint density at radius 3 is 2.81 bits per heavy atom. The summed E-state index contributed by atoms with van der Waals surface area (Å²) in [6.45, 7) is 0.00943. The topological polar surface area (TPSA) is 87.5 Å². The SMILES string of the molecule is CN(Cc1cnn(C)c1)C(=O)NCC(=O)O. The molecule has 0 radical (unpaired) electrons. The van der Waals surface area contributed by atoms with E-state index in [1.807, 2.05) is 0 Å². The van der Waals surface area contributed by atoms with Crippen molar-refractivity contribution in [1.82, 2.24) is 20.0 Å². The molecule has 88 valence electrons. The van der Waals surface area contributed by atoms with Gasteiger partial charge in [0, 0.05) is 25.9 Å². The van der Waals surface area contributed by atoms with Crippen molar-refractivity contribution in [2.75, 3.05) is 13.6 Å². The van der Waals surface area contributed by atoms with E-state index in [1.54, 1.807) is 31.2 Å². The number of aromatic nitrogens is 2. The van der Waals surface area contributed by atoms with Crippen molar-refractivity contribution in [3.63, 3.8) is 0 Å². The Labute approximate surface area is 92.7 Å². The van der Waals surface area contributed by atoms with Crippen LogP contribution in [0.3, 0.4) is 0 Å². The molecule has 0 saturated heterocycles. The molecule has 1 rings (SSSR count). The zero-order valence-corrected chi connectivity index (χ0v) is 9.17. The summed E-state index contributed by atoms with van der Waals surface area (Å²) in [4.78, 5) is 23.0. The summed E-state index contributed by atoms with van der Waals surface area (Å²) in [5.74, 6) is -1.07. The number of carboxylic acid groups (broad SMARTS) is 1. The van der Waals surface area contributed by atoms with Gasteiger partial charge in [-0.3, -0.25) is 9.48 Å². The van der Waals surface area contributed by atoms with Gasteiger partial charge in [0.05, 0.1) is 12.7 Å². The first-order valence-corrected chi connectivity index (χ1v) is 4.67. The van der Waals surface area contributed by atoms with E-state index in [9.17, 15) is 9.59 Å². The van der Waals surface area contributed by atoms with Gasteiger partial charge in [0.15, 0.2) is 0 Å². The second-order valence-corrected chi connectivity index (χ2v) is 3.43. The van der Waals surface area contributed by atoms with Gasteiger partial charge in [-0.2, -0.15) is 5.10 Å². The summed E-state index contributed by atoms with van der Waals surface area (Å²) in [6, 6.07) is -0.425. The Morgan fingerprint density at radius 1 is 1.62 bits per heavy atom. The van der Waals surface area contributed by atoms with E-state index >= 15 is 0 Å². The number of carbonyl (C=O) groups excluding carboxylic acids is 1. The summed E-state index contributed by atoms with van der Waals surface area (Å²) >= 11 is 0. The van der Waals surface area contributed by atoms with E-state index in [0.717, 1.165) is 5.56 Å². The smallest absolute Gasteiger partial charge is 0.323 e. The molecular formula is C9H14N4O3.